The van der Waals surface area contributed by atoms with Gasteiger partial charge in [0, 0.05) is 47.5 Å². The van der Waals surface area contributed by atoms with Crippen molar-refractivity contribution in [1.29, 1.82) is 0 Å². The molecule has 0 amide bonds. The van der Waals surface area contributed by atoms with Gasteiger partial charge in [-0.05, 0) is 43.7 Å². The number of nitrogens with zero attached hydrogens (tertiary/aromatic N) is 3. The van der Waals surface area contributed by atoms with Crippen LogP contribution in [-0.4, -0.2) is 69.0 Å². The third kappa shape index (κ3) is 5.05. The molecule has 0 bridgehead atoms. The number of hydrogen-bond acceptors (Lipinski definition) is 3. The lowest BCUT2D eigenvalue weighted by Gasteiger charge is -2.29. The summed E-state index contributed by atoms with van der Waals surface area (Å²) in [5.41, 5.74) is 6.26. The average Bonchev–Trinajstić information content (AvgIpc) is 3.12. The molecule has 0 radical (unpaired) electrons. The largest absolute Gasteiger partial charge is 0.344 e. The molecule has 198 valence electrons. The zero-order chi connectivity index (χ0) is 27.4. The maximum absolute atomic E-state index is 11.9. The number of hydrogen-bond donors (Lipinski definition) is 1. The Balaban J connectivity index is 1.74. The van der Waals surface area contributed by atoms with Crippen LogP contribution < -0.4 is 4.90 Å². The maximum Gasteiger partial charge on any atom is 0.294 e. The quantitative estimate of drug-likeness (QED) is 0.305. The minimum Gasteiger partial charge on any atom is -0.344 e. The Kier molecular flexibility index (Phi) is 6.81. The van der Waals surface area contributed by atoms with Crippen molar-refractivity contribution in [1.82, 2.24) is 0 Å². The highest BCUT2D eigenvalue weighted by atomic mass is 32.2. The Hall–Kier alpha value is -2.74. The Morgan fingerprint density at radius 1 is 1.00 bits per heavy atom. The summed E-state index contributed by atoms with van der Waals surface area (Å²) in [4.78, 5) is 2.25. The van der Waals surface area contributed by atoms with E-state index in [0.29, 0.717) is 0 Å². The standard InChI is InChI=1S/C30H40N3O3S/c1-29(2)23-13-9-10-14-25(23)31(5)27(29)15-11-16-28-30(3,4)24-21-22(37(34,35)36)17-18-26(24)32(28)19-12-20-33(6,7)8/h9-11,13-18,21H,12,19-20H2,1-8H3/q+1/p+1. The fourth-order valence-electron chi connectivity index (χ4n) is 5.79. The van der Waals surface area contributed by atoms with Crippen LogP contribution in [-0.2, 0) is 20.9 Å². The monoisotopic (exact) mass is 523 g/mol. The topological polar surface area (TPSA) is 60.6 Å². The molecular weight excluding hydrogens is 482 g/mol. The Labute approximate surface area is 222 Å². The van der Waals surface area contributed by atoms with E-state index in [9.17, 15) is 13.0 Å². The van der Waals surface area contributed by atoms with E-state index in [-0.39, 0.29) is 10.3 Å². The van der Waals surface area contributed by atoms with Gasteiger partial charge in [0.2, 0.25) is 5.69 Å². The van der Waals surface area contributed by atoms with Gasteiger partial charge in [-0.25, -0.2) is 0 Å². The molecule has 37 heavy (non-hydrogen) atoms. The molecule has 6 nitrogen and oxygen atoms in total. The first-order chi connectivity index (χ1) is 17.0. The van der Waals surface area contributed by atoms with Gasteiger partial charge in [0.05, 0.1) is 38.0 Å². The van der Waals surface area contributed by atoms with E-state index in [1.54, 1.807) is 6.07 Å². The molecule has 0 unspecified atom stereocenters. The van der Waals surface area contributed by atoms with Crippen molar-refractivity contribution in [3.8, 4) is 0 Å². The van der Waals surface area contributed by atoms with Gasteiger partial charge in [-0.2, -0.15) is 13.0 Å². The molecule has 0 aromatic heterocycles. The van der Waals surface area contributed by atoms with E-state index in [2.05, 4.69) is 108 Å². The number of rotatable bonds is 7. The Morgan fingerprint density at radius 3 is 2.30 bits per heavy atom. The molecule has 0 atom stereocenters. The molecule has 4 rings (SSSR count). The molecular formula is C30H41N3O3S+2. The number of allylic oxidation sites excluding steroid dienone is 4. The van der Waals surface area contributed by atoms with Crippen LogP contribution in [0.5, 0.6) is 0 Å². The lowest BCUT2D eigenvalue weighted by atomic mass is 9.81. The first kappa shape index (κ1) is 27.3. The van der Waals surface area contributed by atoms with E-state index in [1.807, 2.05) is 6.07 Å². The highest BCUT2D eigenvalue weighted by Gasteiger charge is 2.43. The van der Waals surface area contributed by atoms with Crippen LogP contribution in [0.25, 0.3) is 0 Å². The maximum atomic E-state index is 11.9. The summed E-state index contributed by atoms with van der Waals surface area (Å²) >= 11 is 0. The van der Waals surface area contributed by atoms with E-state index >= 15 is 0 Å². The number of benzene rings is 2. The van der Waals surface area contributed by atoms with Crippen LogP contribution in [0, 0.1) is 0 Å². The summed E-state index contributed by atoms with van der Waals surface area (Å²) < 4.78 is 36.6. The van der Waals surface area contributed by atoms with E-state index < -0.39 is 15.5 Å². The summed E-state index contributed by atoms with van der Waals surface area (Å²) in [7, 11) is 4.40. The summed E-state index contributed by atoms with van der Waals surface area (Å²) in [5, 5.41) is 0. The number of fused-ring (bicyclic) bond motifs is 2. The summed E-state index contributed by atoms with van der Waals surface area (Å²) in [6.45, 7) is 10.6. The number of quaternary nitrogens is 1. The van der Waals surface area contributed by atoms with Crippen molar-refractivity contribution in [3.63, 3.8) is 0 Å². The molecule has 2 aliphatic rings. The fraction of sp³-hybridized carbons (Fsp3) is 0.433. The molecule has 0 spiro atoms. The smallest absolute Gasteiger partial charge is 0.294 e. The highest BCUT2D eigenvalue weighted by molar-refractivity contribution is 7.85. The average molecular weight is 524 g/mol. The molecule has 0 fully saturated rings. The lowest BCUT2D eigenvalue weighted by molar-refractivity contribution is -0.870. The van der Waals surface area contributed by atoms with Crippen LogP contribution in [0.15, 0.2) is 71.3 Å². The zero-order valence-corrected chi connectivity index (χ0v) is 24.2. The van der Waals surface area contributed by atoms with Crippen molar-refractivity contribution in [2.24, 2.45) is 0 Å². The molecule has 2 aromatic rings. The zero-order valence-electron chi connectivity index (χ0n) is 23.4. The molecule has 7 heteroatoms. The molecule has 2 aromatic carbocycles. The second kappa shape index (κ2) is 9.22. The van der Waals surface area contributed by atoms with Crippen LogP contribution in [0.1, 0.15) is 45.2 Å². The van der Waals surface area contributed by atoms with Gasteiger partial charge in [0.1, 0.15) is 7.05 Å². The van der Waals surface area contributed by atoms with Gasteiger partial charge < -0.3 is 9.38 Å². The van der Waals surface area contributed by atoms with Crippen LogP contribution in [0.2, 0.25) is 0 Å². The summed E-state index contributed by atoms with van der Waals surface area (Å²) in [6.07, 6.45) is 7.47. The third-order valence-corrected chi connectivity index (χ3v) is 8.67. The molecule has 2 aliphatic heterocycles. The van der Waals surface area contributed by atoms with Gasteiger partial charge >= 0.3 is 0 Å². The van der Waals surface area contributed by atoms with Gasteiger partial charge in [-0.15, -0.1) is 0 Å². The van der Waals surface area contributed by atoms with Crippen molar-refractivity contribution in [2.45, 2.75) is 49.8 Å². The van der Waals surface area contributed by atoms with Crippen molar-refractivity contribution in [2.75, 3.05) is 46.2 Å². The predicted octanol–water partition coefficient (Wildman–Crippen LogP) is 5.27. The van der Waals surface area contributed by atoms with Gasteiger partial charge in [0.15, 0.2) is 5.71 Å². The third-order valence-electron chi connectivity index (χ3n) is 7.82. The molecule has 0 saturated heterocycles. The second-order valence-electron chi connectivity index (χ2n) is 12.3. The van der Waals surface area contributed by atoms with Gasteiger partial charge in [-0.1, -0.05) is 38.1 Å². The van der Waals surface area contributed by atoms with Crippen LogP contribution >= 0.6 is 0 Å². The van der Waals surface area contributed by atoms with Crippen molar-refractivity contribution < 1.29 is 22.0 Å². The van der Waals surface area contributed by atoms with E-state index in [1.165, 1.54) is 23.0 Å². The summed E-state index contributed by atoms with van der Waals surface area (Å²) in [5.74, 6) is 0. The van der Waals surface area contributed by atoms with Crippen molar-refractivity contribution >= 4 is 27.2 Å². The Morgan fingerprint density at radius 2 is 1.68 bits per heavy atom. The number of anilines is 1. The first-order valence-electron chi connectivity index (χ1n) is 12.8. The minimum absolute atomic E-state index is 0.0647. The predicted molar refractivity (Wildman–Crippen MR) is 152 cm³/mol. The minimum atomic E-state index is -4.28. The molecule has 0 saturated carbocycles. The lowest BCUT2D eigenvalue weighted by Crippen LogP contribution is -2.37. The van der Waals surface area contributed by atoms with Gasteiger partial charge in [0.25, 0.3) is 10.1 Å². The molecule has 0 aliphatic carbocycles. The van der Waals surface area contributed by atoms with E-state index in [0.717, 1.165) is 40.9 Å². The fourth-order valence-corrected chi connectivity index (χ4v) is 6.30. The molecule has 2 heterocycles. The summed E-state index contributed by atoms with van der Waals surface area (Å²) in [6, 6.07) is 13.5. The Bertz CT molecular complexity index is 1420. The number of para-hydroxylation sites is 1. The van der Waals surface area contributed by atoms with Crippen LogP contribution in [0.3, 0.4) is 0 Å². The SMILES string of the molecule is C[N+]1=C(C=CC=C2N(CCC[N+](C)(C)C)c3ccc(S(=O)(=O)O)cc3C2(C)C)C(C)(C)c2ccccc21. The van der Waals surface area contributed by atoms with Crippen molar-refractivity contribution in [3.05, 3.63) is 77.5 Å². The first-order valence-corrected chi connectivity index (χ1v) is 14.3. The second-order valence-corrected chi connectivity index (χ2v) is 13.7. The normalized spacial score (nSPS) is 19.7. The van der Waals surface area contributed by atoms with Crippen LogP contribution in [0.4, 0.5) is 11.4 Å². The van der Waals surface area contributed by atoms with E-state index in [4.69, 9.17) is 0 Å². The highest BCUT2D eigenvalue weighted by Crippen LogP contribution is 2.48. The van der Waals surface area contributed by atoms with Gasteiger partial charge in [-0.3, -0.25) is 4.55 Å². The molecule has 1 N–H and O–H groups in total.